The van der Waals surface area contributed by atoms with E-state index in [-0.39, 0.29) is 30.1 Å². The Morgan fingerprint density at radius 3 is 2.62 bits per heavy atom. The average Bonchev–Trinajstić information content (AvgIpc) is 3.05. The van der Waals surface area contributed by atoms with Crippen LogP contribution in [0.25, 0.3) is 0 Å². The van der Waals surface area contributed by atoms with Crippen LogP contribution in [-0.2, 0) is 9.59 Å². The fourth-order valence-corrected chi connectivity index (χ4v) is 3.20. The zero-order chi connectivity index (χ0) is 17.1. The third kappa shape index (κ3) is 3.50. The smallest absolute Gasteiger partial charge is 0.255 e. The summed E-state index contributed by atoms with van der Waals surface area (Å²) in [4.78, 5) is 35.3. The molecule has 2 fully saturated rings. The van der Waals surface area contributed by atoms with Gasteiger partial charge in [0.25, 0.3) is 5.91 Å². The normalized spacial score (nSPS) is 21.4. The van der Waals surface area contributed by atoms with Gasteiger partial charge in [-0.3, -0.25) is 19.7 Å². The minimum absolute atomic E-state index is 0.114. The van der Waals surface area contributed by atoms with E-state index < -0.39 is 17.9 Å². The number of piperidine rings is 1. The number of imide groups is 1. The second kappa shape index (κ2) is 6.90. The molecule has 0 bridgehead atoms. The zero-order valence-electron chi connectivity index (χ0n) is 13.3. The maximum atomic E-state index is 12.4. The van der Waals surface area contributed by atoms with Crippen LogP contribution in [0.15, 0.2) is 18.2 Å². The van der Waals surface area contributed by atoms with Crippen molar-refractivity contribution < 1.29 is 19.5 Å². The van der Waals surface area contributed by atoms with E-state index in [0.717, 1.165) is 25.7 Å². The van der Waals surface area contributed by atoms with E-state index in [9.17, 15) is 19.5 Å². The molecule has 0 radical (unpaired) electrons. The molecule has 3 rings (SSSR count). The second-order valence-electron chi connectivity index (χ2n) is 6.30. The van der Waals surface area contributed by atoms with Crippen molar-refractivity contribution in [1.82, 2.24) is 10.6 Å². The van der Waals surface area contributed by atoms with Crippen LogP contribution in [0.5, 0.6) is 5.75 Å². The quantitative estimate of drug-likeness (QED) is 0.491. The van der Waals surface area contributed by atoms with E-state index in [0.29, 0.717) is 11.7 Å². The average molecular weight is 331 g/mol. The number of benzene rings is 1. The van der Waals surface area contributed by atoms with Gasteiger partial charge in [0.1, 0.15) is 6.04 Å². The first-order chi connectivity index (χ1) is 11.5. The molecule has 7 heteroatoms. The van der Waals surface area contributed by atoms with Crippen LogP contribution >= 0.6 is 0 Å². The van der Waals surface area contributed by atoms with Gasteiger partial charge in [-0.05, 0) is 31.4 Å². The highest BCUT2D eigenvalue weighted by Crippen LogP contribution is 2.31. The number of rotatable bonds is 4. The molecule has 4 N–H and O–H groups in total. The van der Waals surface area contributed by atoms with Gasteiger partial charge < -0.3 is 15.7 Å². The lowest BCUT2D eigenvalue weighted by atomic mass is 10.0. The molecular weight excluding hydrogens is 310 g/mol. The lowest BCUT2D eigenvalue weighted by Gasteiger charge is -2.22. The summed E-state index contributed by atoms with van der Waals surface area (Å²) in [7, 11) is 0. The number of hydrogen-bond acceptors (Lipinski definition) is 5. The molecule has 3 amide bonds. The summed E-state index contributed by atoms with van der Waals surface area (Å²) in [6.45, 7) is 0. The first kappa shape index (κ1) is 16.3. The highest BCUT2D eigenvalue weighted by Gasteiger charge is 2.29. The fraction of sp³-hybridized carbons (Fsp3) is 0.471. The van der Waals surface area contributed by atoms with Crippen molar-refractivity contribution in [2.45, 2.75) is 50.6 Å². The van der Waals surface area contributed by atoms with Crippen LogP contribution in [0, 0.1) is 0 Å². The summed E-state index contributed by atoms with van der Waals surface area (Å²) in [6, 6.07) is 4.48. The number of phenols is 1. The monoisotopic (exact) mass is 331 g/mol. The molecule has 1 aliphatic carbocycles. The van der Waals surface area contributed by atoms with Crippen molar-refractivity contribution in [1.29, 1.82) is 0 Å². The van der Waals surface area contributed by atoms with E-state index >= 15 is 0 Å². The molecule has 0 spiro atoms. The first-order valence-electron chi connectivity index (χ1n) is 8.27. The Morgan fingerprint density at radius 1 is 1.17 bits per heavy atom. The Hall–Kier alpha value is -2.57. The molecule has 2 aliphatic rings. The van der Waals surface area contributed by atoms with Crippen molar-refractivity contribution in [3.8, 4) is 5.75 Å². The van der Waals surface area contributed by atoms with Gasteiger partial charge in [-0.1, -0.05) is 18.9 Å². The number of para-hydroxylation sites is 1. The summed E-state index contributed by atoms with van der Waals surface area (Å²) in [6.07, 6.45) is 4.86. The molecule has 1 saturated carbocycles. The Kier molecular flexibility index (Phi) is 4.69. The largest absolute Gasteiger partial charge is 0.505 e. The van der Waals surface area contributed by atoms with Gasteiger partial charge >= 0.3 is 0 Å². The third-order valence-electron chi connectivity index (χ3n) is 4.54. The van der Waals surface area contributed by atoms with Crippen molar-refractivity contribution >= 4 is 23.4 Å². The van der Waals surface area contributed by atoms with Crippen LogP contribution in [-0.4, -0.2) is 34.9 Å². The van der Waals surface area contributed by atoms with Crippen LogP contribution in [0.1, 0.15) is 48.9 Å². The van der Waals surface area contributed by atoms with Crippen LogP contribution < -0.4 is 16.0 Å². The Labute approximate surface area is 139 Å². The summed E-state index contributed by atoms with van der Waals surface area (Å²) >= 11 is 0. The van der Waals surface area contributed by atoms with Crippen molar-refractivity contribution in [2.24, 2.45) is 0 Å². The fourth-order valence-electron chi connectivity index (χ4n) is 3.20. The van der Waals surface area contributed by atoms with E-state index in [2.05, 4.69) is 16.0 Å². The molecule has 1 aromatic rings. The van der Waals surface area contributed by atoms with Gasteiger partial charge in [0.05, 0.1) is 11.3 Å². The molecule has 1 heterocycles. The molecule has 1 aromatic carbocycles. The Morgan fingerprint density at radius 2 is 1.92 bits per heavy atom. The van der Waals surface area contributed by atoms with E-state index in [4.69, 9.17) is 0 Å². The number of nitrogens with one attached hydrogen (secondary N) is 3. The van der Waals surface area contributed by atoms with Gasteiger partial charge in [-0.15, -0.1) is 0 Å². The number of carbonyl (C=O) groups excluding carboxylic acids is 3. The topological polar surface area (TPSA) is 108 Å². The number of phenolic OH excluding ortho intramolecular Hbond substituents is 1. The summed E-state index contributed by atoms with van der Waals surface area (Å²) < 4.78 is 0. The van der Waals surface area contributed by atoms with Gasteiger partial charge in [-0.25, -0.2) is 0 Å². The standard InChI is InChI=1S/C17H21N3O4/c21-14-9-8-13(17(24)20-14)19-16(23)11-6-3-7-12(15(11)22)18-10-4-1-2-5-10/h3,6-7,10,13,18,22H,1-2,4-5,8-9H2,(H,19,23)(H,20,21,24). The number of amides is 3. The van der Waals surface area contributed by atoms with Crippen molar-refractivity contribution in [3.05, 3.63) is 23.8 Å². The summed E-state index contributed by atoms with van der Waals surface area (Å²) in [5.41, 5.74) is 0.639. The van der Waals surface area contributed by atoms with Gasteiger partial charge in [0.15, 0.2) is 5.75 Å². The molecular formula is C17H21N3O4. The highest BCUT2D eigenvalue weighted by atomic mass is 16.3. The van der Waals surface area contributed by atoms with Crippen LogP contribution in [0.2, 0.25) is 0 Å². The van der Waals surface area contributed by atoms with E-state index in [1.807, 2.05) is 0 Å². The number of aromatic hydroxyl groups is 1. The molecule has 1 atom stereocenters. The molecule has 1 saturated heterocycles. The molecule has 7 nitrogen and oxygen atoms in total. The van der Waals surface area contributed by atoms with E-state index in [1.165, 1.54) is 6.07 Å². The lowest BCUT2D eigenvalue weighted by molar-refractivity contribution is -0.134. The lowest BCUT2D eigenvalue weighted by Crippen LogP contribution is -2.52. The predicted molar refractivity (Wildman–Crippen MR) is 87.6 cm³/mol. The van der Waals surface area contributed by atoms with Crippen LogP contribution in [0.3, 0.4) is 0 Å². The number of anilines is 1. The second-order valence-corrected chi connectivity index (χ2v) is 6.30. The molecule has 0 aromatic heterocycles. The SMILES string of the molecule is O=C1CCC(NC(=O)c2cccc(NC3CCCC3)c2O)C(=O)N1. The van der Waals surface area contributed by atoms with Crippen molar-refractivity contribution in [3.63, 3.8) is 0 Å². The molecule has 24 heavy (non-hydrogen) atoms. The maximum absolute atomic E-state index is 12.4. The maximum Gasteiger partial charge on any atom is 0.255 e. The minimum atomic E-state index is -0.763. The minimum Gasteiger partial charge on any atom is -0.505 e. The predicted octanol–water partition coefficient (Wildman–Crippen LogP) is 1.28. The molecule has 1 aliphatic heterocycles. The van der Waals surface area contributed by atoms with Gasteiger partial charge in [-0.2, -0.15) is 0 Å². The summed E-state index contributed by atoms with van der Waals surface area (Å²) in [5, 5.41) is 18.4. The third-order valence-corrected chi connectivity index (χ3v) is 4.54. The van der Waals surface area contributed by atoms with Crippen molar-refractivity contribution in [2.75, 3.05) is 5.32 Å². The summed E-state index contributed by atoms with van der Waals surface area (Å²) in [5.74, 6) is -1.50. The Balaban J connectivity index is 1.70. The van der Waals surface area contributed by atoms with Crippen LogP contribution in [0.4, 0.5) is 5.69 Å². The number of carbonyl (C=O) groups is 3. The number of hydrogen-bond donors (Lipinski definition) is 4. The highest BCUT2D eigenvalue weighted by molar-refractivity contribution is 6.05. The molecule has 128 valence electrons. The van der Waals surface area contributed by atoms with E-state index in [1.54, 1.807) is 12.1 Å². The zero-order valence-corrected chi connectivity index (χ0v) is 13.3. The molecule has 1 unspecified atom stereocenters. The van der Waals surface area contributed by atoms with Gasteiger partial charge in [0.2, 0.25) is 11.8 Å². The van der Waals surface area contributed by atoms with Gasteiger partial charge in [0, 0.05) is 12.5 Å². The first-order valence-corrected chi connectivity index (χ1v) is 8.27. The Bertz CT molecular complexity index is 668.